The zero-order chi connectivity index (χ0) is 27.5. The number of carbonyl (C=O) groups excluding carboxylic acids is 3. The van der Waals surface area contributed by atoms with Crippen molar-refractivity contribution in [2.75, 3.05) is 0 Å². The van der Waals surface area contributed by atoms with Crippen molar-refractivity contribution in [3.63, 3.8) is 0 Å². The Morgan fingerprint density at radius 3 is 1.89 bits per heavy atom. The van der Waals surface area contributed by atoms with Crippen LogP contribution in [0, 0.1) is 11.8 Å². The number of hydrogen-bond acceptors (Lipinski definition) is 8. The maximum Gasteiger partial charge on any atom is 0.324 e. The van der Waals surface area contributed by atoms with Gasteiger partial charge in [-0.25, -0.2) is 0 Å². The van der Waals surface area contributed by atoms with Crippen molar-refractivity contribution in [1.29, 1.82) is 0 Å². The minimum atomic E-state index is -1.75. The van der Waals surface area contributed by atoms with Gasteiger partial charge in [0.1, 0.15) is 11.6 Å². The number of carboxylic acids is 1. The summed E-state index contributed by atoms with van der Waals surface area (Å²) in [6, 6.07) is 4.51. The van der Waals surface area contributed by atoms with Crippen molar-refractivity contribution in [1.82, 2.24) is 0 Å². The topological polar surface area (TPSA) is 142 Å². The van der Waals surface area contributed by atoms with Crippen molar-refractivity contribution >= 4 is 23.9 Å². The van der Waals surface area contributed by atoms with E-state index in [9.17, 15) is 24.3 Å². The van der Waals surface area contributed by atoms with Gasteiger partial charge in [0.05, 0.1) is 0 Å². The molecule has 0 aliphatic rings. The Balaban J connectivity index is 3.18. The van der Waals surface area contributed by atoms with Gasteiger partial charge in [-0.15, -0.1) is 0 Å². The van der Waals surface area contributed by atoms with Gasteiger partial charge in [0.2, 0.25) is 0 Å². The quantitative estimate of drug-likeness (QED) is 0.260. The van der Waals surface area contributed by atoms with E-state index in [4.69, 9.17) is 19.9 Å². The van der Waals surface area contributed by atoms with Crippen LogP contribution in [0.1, 0.15) is 85.6 Å². The highest BCUT2D eigenvalue weighted by Crippen LogP contribution is 2.32. The molecule has 0 heterocycles. The Hall–Kier alpha value is -2.94. The molecule has 36 heavy (non-hydrogen) atoms. The lowest BCUT2D eigenvalue weighted by molar-refractivity contribution is -0.153. The summed E-state index contributed by atoms with van der Waals surface area (Å²) in [7, 11) is 0. The summed E-state index contributed by atoms with van der Waals surface area (Å²) in [5.74, 6) is -1.93. The predicted octanol–water partition coefficient (Wildman–Crippen LogP) is 4.43. The van der Waals surface area contributed by atoms with Crippen LogP contribution in [0.15, 0.2) is 18.2 Å². The van der Waals surface area contributed by atoms with Gasteiger partial charge in [0.15, 0.2) is 11.5 Å². The van der Waals surface area contributed by atoms with E-state index in [0.29, 0.717) is 30.2 Å². The van der Waals surface area contributed by atoms with Crippen molar-refractivity contribution in [2.24, 2.45) is 17.6 Å². The van der Waals surface area contributed by atoms with Gasteiger partial charge in [0.25, 0.3) is 0 Å². The monoisotopic (exact) mass is 507 g/mol. The first kappa shape index (κ1) is 31.1. The standard InChI is InChI=1S/C27H41NO8/c1-7-23(29)34-19(6)15-27(28,26(32)33)16-20-10-11-21(35-24(30)12-8-17(2)3)22(14-20)36-25(31)13-9-18(4)5/h10-11,14,17-19H,7-9,12-13,15-16,28H2,1-6H3,(H,32,33)/t19-,27?/m0/s1. The molecule has 0 saturated carbocycles. The number of benzene rings is 1. The molecule has 0 radical (unpaired) electrons. The maximum atomic E-state index is 12.4. The largest absolute Gasteiger partial charge is 0.480 e. The molecule has 1 aromatic rings. The van der Waals surface area contributed by atoms with Crippen LogP contribution in [-0.2, 0) is 30.3 Å². The summed E-state index contributed by atoms with van der Waals surface area (Å²) < 4.78 is 16.2. The predicted molar refractivity (Wildman–Crippen MR) is 135 cm³/mol. The first-order valence-electron chi connectivity index (χ1n) is 12.5. The number of ether oxygens (including phenoxy) is 3. The van der Waals surface area contributed by atoms with Crippen molar-refractivity contribution in [3.05, 3.63) is 23.8 Å². The SMILES string of the molecule is CCC(=O)O[C@@H](C)CC(N)(Cc1ccc(OC(=O)CCC(C)C)c(OC(=O)CCC(C)C)c1)C(=O)O. The average Bonchev–Trinajstić information content (AvgIpc) is 2.77. The molecule has 0 bridgehead atoms. The number of carbonyl (C=O) groups is 4. The summed E-state index contributed by atoms with van der Waals surface area (Å²) in [6.45, 7) is 11.2. The van der Waals surface area contributed by atoms with Crippen LogP contribution in [0.4, 0.5) is 0 Å². The molecule has 0 aliphatic heterocycles. The van der Waals surface area contributed by atoms with Gasteiger partial charge in [-0.2, -0.15) is 0 Å². The molecule has 0 aromatic heterocycles. The fourth-order valence-corrected chi connectivity index (χ4v) is 3.45. The molecule has 1 unspecified atom stereocenters. The maximum absolute atomic E-state index is 12.4. The highest BCUT2D eigenvalue weighted by Gasteiger charge is 2.37. The molecule has 0 amide bonds. The molecule has 1 aromatic carbocycles. The lowest BCUT2D eigenvalue weighted by atomic mass is 9.86. The van der Waals surface area contributed by atoms with Crippen LogP contribution >= 0.6 is 0 Å². The van der Waals surface area contributed by atoms with Crippen LogP contribution in [-0.4, -0.2) is 40.6 Å². The Bertz CT molecular complexity index is 911. The molecule has 202 valence electrons. The minimum Gasteiger partial charge on any atom is -0.480 e. The van der Waals surface area contributed by atoms with Crippen LogP contribution in [0.25, 0.3) is 0 Å². The van der Waals surface area contributed by atoms with Gasteiger partial charge in [-0.3, -0.25) is 19.2 Å². The molecule has 9 heteroatoms. The number of nitrogens with two attached hydrogens (primary N) is 1. The third-order valence-corrected chi connectivity index (χ3v) is 5.53. The highest BCUT2D eigenvalue weighted by molar-refractivity contribution is 5.80. The van der Waals surface area contributed by atoms with E-state index in [2.05, 4.69) is 0 Å². The van der Waals surface area contributed by atoms with Gasteiger partial charge in [-0.05, 0) is 49.3 Å². The molecular formula is C27H41NO8. The first-order valence-corrected chi connectivity index (χ1v) is 12.5. The van der Waals surface area contributed by atoms with E-state index in [-0.39, 0.29) is 43.6 Å². The number of aliphatic carboxylic acids is 1. The van der Waals surface area contributed by atoms with Gasteiger partial charge in [-0.1, -0.05) is 40.7 Å². The Morgan fingerprint density at radius 1 is 0.889 bits per heavy atom. The zero-order valence-electron chi connectivity index (χ0n) is 22.3. The third-order valence-electron chi connectivity index (χ3n) is 5.53. The summed E-state index contributed by atoms with van der Waals surface area (Å²) in [6.07, 6.45) is 0.860. The summed E-state index contributed by atoms with van der Waals surface area (Å²) in [5.41, 5.74) is 4.94. The fourth-order valence-electron chi connectivity index (χ4n) is 3.45. The summed E-state index contributed by atoms with van der Waals surface area (Å²) >= 11 is 0. The van der Waals surface area contributed by atoms with Crippen LogP contribution in [0.5, 0.6) is 11.5 Å². The van der Waals surface area contributed by atoms with Gasteiger partial charge in [0, 0.05) is 32.1 Å². The summed E-state index contributed by atoms with van der Waals surface area (Å²) in [4.78, 5) is 48.4. The lowest BCUT2D eigenvalue weighted by Crippen LogP contribution is -2.52. The molecule has 1 rings (SSSR count). The van der Waals surface area contributed by atoms with E-state index in [1.54, 1.807) is 19.9 Å². The Labute approximate surface area is 213 Å². The van der Waals surface area contributed by atoms with E-state index >= 15 is 0 Å². The first-order chi connectivity index (χ1) is 16.7. The van der Waals surface area contributed by atoms with E-state index in [1.165, 1.54) is 12.1 Å². The van der Waals surface area contributed by atoms with E-state index in [0.717, 1.165) is 0 Å². The molecular weight excluding hydrogens is 466 g/mol. The third kappa shape index (κ3) is 11.2. The number of hydrogen-bond donors (Lipinski definition) is 2. The normalized spacial score (nSPS) is 13.7. The Kier molecular flexibility index (Phi) is 12.6. The second kappa shape index (κ2) is 14.6. The molecule has 9 nitrogen and oxygen atoms in total. The van der Waals surface area contributed by atoms with E-state index < -0.39 is 35.5 Å². The van der Waals surface area contributed by atoms with Crippen molar-refractivity contribution < 1.29 is 38.5 Å². The zero-order valence-corrected chi connectivity index (χ0v) is 22.3. The summed E-state index contributed by atoms with van der Waals surface area (Å²) in [5, 5.41) is 9.83. The molecule has 0 aliphatic carbocycles. The molecule has 0 fully saturated rings. The fraction of sp³-hybridized carbons (Fsp3) is 0.630. The van der Waals surface area contributed by atoms with Gasteiger partial charge < -0.3 is 25.1 Å². The number of carboxylic acid groups (broad SMARTS) is 1. The lowest BCUT2D eigenvalue weighted by Gasteiger charge is -2.28. The second-order valence-corrected chi connectivity index (χ2v) is 10.1. The van der Waals surface area contributed by atoms with Crippen LogP contribution < -0.4 is 15.2 Å². The Morgan fingerprint density at radius 2 is 1.42 bits per heavy atom. The highest BCUT2D eigenvalue weighted by atomic mass is 16.6. The molecule has 0 saturated heterocycles. The van der Waals surface area contributed by atoms with Gasteiger partial charge >= 0.3 is 23.9 Å². The average molecular weight is 508 g/mol. The smallest absolute Gasteiger partial charge is 0.324 e. The number of rotatable bonds is 15. The molecule has 3 N–H and O–H groups in total. The van der Waals surface area contributed by atoms with Crippen LogP contribution in [0.3, 0.4) is 0 Å². The molecule has 2 atom stereocenters. The number of esters is 3. The minimum absolute atomic E-state index is 0.0253. The second-order valence-electron chi connectivity index (χ2n) is 10.1. The van der Waals surface area contributed by atoms with Crippen molar-refractivity contribution in [2.45, 2.75) is 98.1 Å². The van der Waals surface area contributed by atoms with Crippen LogP contribution in [0.2, 0.25) is 0 Å². The van der Waals surface area contributed by atoms with Crippen molar-refractivity contribution in [3.8, 4) is 11.5 Å². The molecule has 0 spiro atoms. The van der Waals surface area contributed by atoms with E-state index in [1.807, 2.05) is 27.7 Å².